The Hall–Kier alpha value is -2.56. The van der Waals surface area contributed by atoms with Crippen LogP contribution in [0.15, 0.2) is 36.4 Å². The Balaban J connectivity index is 2.40. The fourth-order valence-corrected chi connectivity index (χ4v) is 2.30. The monoisotopic (exact) mass is 286 g/mol. The Kier molecular flexibility index (Phi) is 4.42. The number of nitrogens with two attached hydrogens (primary N) is 1. The maximum absolute atomic E-state index is 12.5. The third-order valence-corrected chi connectivity index (χ3v) is 3.26. The number of nitrogens with zero attached hydrogens (tertiary/aromatic N) is 1. The molecule has 3 N–H and O–H groups in total. The van der Waals surface area contributed by atoms with E-state index in [-0.39, 0.29) is 12.5 Å². The molecule has 0 aromatic heterocycles. The van der Waals surface area contributed by atoms with E-state index in [1.54, 1.807) is 12.1 Å². The van der Waals surface area contributed by atoms with Crippen LogP contribution in [-0.4, -0.2) is 35.0 Å². The van der Waals surface area contributed by atoms with Gasteiger partial charge in [0.2, 0.25) is 0 Å². The number of carbonyl (C=O) groups is 2. The van der Waals surface area contributed by atoms with Gasteiger partial charge in [-0.3, -0.25) is 9.59 Å². The summed E-state index contributed by atoms with van der Waals surface area (Å²) in [5.74, 6) is -1.38. The molecule has 0 saturated carbocycles. The molecule has 21 heavy (non-hydrogen) atoms. The predicted octanol–water partition coefficient (Wildman–Crippen LogP) is 2.36. The van der Waals surface area contributed by atoms with Gasteiger partial charge in [0, 0.05) is 12.2 Å². The van der Waals surface area contributed by atoms with Crippen LogP contribution in [0.25, 0.3) is 10.8 Å². The molecular formula is C16H18N2O3. The van der Waals surface area contributed by atoms with Crippen LogP contribution in [0, 0.1) is 0 Å². The first-order chi connectivity index (χ1) is 10.0. The molecule has 0 radical (unpaired) electrons. The van der Waals surface area contributed by atoms with Crippen LogP contribution in [0.3, 0.4) is 0 Å². The van der Waals surface area contributed by atoms with E-state index < -0.39 is 5.97 Å². The molecule has 0 unspecified atom stereocenters. The quantitative estimate of drug-likeness (QED) is 0.826. The lowest BCUT2D eigenvalue weighted by atomic mass is 10.0. The van der Waals surface area contributed by atoms with Gasteiger partial charge >= 0.3 is 5.97 Å². The molecule has 110 valence electrons. The average molecular weight is 286 g/mol. The fraction of sp³-hybridized carbons (Fsp3) is 0.250. The second kappa shape index (κ2) is 6.26. The van der Waals surface area contributed by atoms with E-state index in [1.807, 2.05) is 31.2 Å². The Morgan fingerprint density at radius 3 is 2.38 bits per heavy atom. The van der Waals surface area contributed by atoms with Gasteiger partial charge < -0.3 is 15.7 Å². The molecule has 5 heteroatoms. The van der Waals surface area contributed by atoms with E-state index >= 15 is 0 Å². The van der Waals surface area contributed by atoms with Crippen LogP contribution in [-0.2, 0) is 4.79 Å². The molecule has 2 aromatic rings. The number of anilines is 1. The van der Waals surface area contributed by atoms with E-state index in [0.29, 0.717) is 24.2 Å². The van der Waals surface area contributed by atoms with Crippen molar-refractivity contribution in [3.8, 4) is 0 Å². The van der Waals surface area contributed by atoms with Crippen LogP contribution < -0.4 is 5.73 Å². The summed E-state index contributed by atoms with van der Waals surface area (Å²) in [6.07, 6.45) is 0.687. The van der Waals surface area contributed by atoms with Crippen LogP contribution in [0.2, 0.25) is 0 Å². The molecule has 0 aliphatic rings. The van der Waals surface area contributed by atoms with Crippen molar-refractivity contribution >= 4 is 28.3 Å². The predicted molar refractivity (Wildman–Crippen MR) is 82.2 cm³/mol. The molecule has 5 nitrogen and oxygen atoms in total. The molecule has 0 fully saturated rings. The normalized spacial score (nSPS) is 10.5. The lowest BCUT2D eigenvalue weighted by molar-refractivity contribution is -0.137. The first kappa shape index (κ1) is 14.8. The summed E-state index contributed by atoms with van der Waals surface area (Å²) in [6.45, 7) is 1.96. The highest BCUT2D eigenvalue weighted by atomic mass is 16.4. The Labute approximate surface area is 123 Å². The van der Waals surface area contributed by atoms with E-state index in [4.69, 9.17) is 10.8 Å². The van der Waals surface area contributed by atoms with Gasteiger partial charge in [-0.1, -0.05) is 31.2 Å². The number of carboxylic acids is 1. The van der Waals surface area contributed by atoms with Gasteiger partial charge in [-0.25, -0.2) is 0 Å². The van der Waals surface area contributed by atoms with Crippen LogP contribution in [0.1, 0.15) is 23.7 Å². The fourth-order valence-electron chi connectivity index (χ4n) is 2.30. The number of hydrogen-bond acceptors (Lipinski definition) is 3. The zero-order chi connectivity index (χ0) is 15.4. The number of nitrogen functional groups attached to an aromatic ring is 1. The van der Waals surface area contributed by atoms with Crippen molar-refractivity contribution in [2.24, 2.45) is 0 Å². The smallest absolute Gasteiger partial charge is 0.323 e. The van der Waals surface area contributed by atoms with Gasteiger partial charge in [-0.05, 0) is 29.3 Å². The lowest BCUT2D eigenvalue weighted by Gasteiger charge is -2.21. The minimum atomic E-state index is -1.03. The number of aliphatic carboxylic acids is 1. The van der Waals surface area contributed by atoms with E-state index in [1.165, 1.54) is 4.90 Å². The van der Waals surface area contributed by atoms with Crippen molar-refractivity contribution in [3.63, 3.8) is 0 Å². The lowest BCUT2D eigenvalue weighted by Crippen LogP contribution is -2.36. The highest BCUT2D eigenvalue weighted by Gasteiger charge is 2.20. The number of amides is 1. The van der Waals surface area contributed by atoms with Gasteiger partial charge in [-0.15, -0.1) is 0 Å². The topological polar surface area (TPSA) is 83.6 Å². The molecule has 0 atom stereocenters. The Morgan fingerprint density at radius 1 is 1.19 bits per heavy atom. The molecule has 0 saturated heterocycles. The molecule has 1 amide bonds. The van der Waals surface area contributed by atoms with Gasteiger partial charge in [0.15, 0.2) is 0 Å². The minimum absolute atomic E-state index is 0.320. The Bertz CT molecular complexity index is 682. The maximum atomic E-state index is 12.5. The van der Waals surface area contributed by atoms with E-state index in [2.05, 4.69) is 0 Å². The second-order valence-electron chi connectivity index (χ2n) is 4.91. The van der Waals surface area contributed by atoms with E-state index in [9.17, 15) is 9.59 Å². The van der Waals surface area contributed by atoms with Crippen LogP contribution >= 0.6 is 0 Å². The third kappa shape index (κ3) is 3.31. The summed E-state index contributed by atoms with van der Waals surface area (Å²) in [5, 5.41) is 10.8. The van der Waals surface area contributed by atoms with Crippen molar-refractivity contribution in [3.05, 3.63) is 42.0 Å². The highest BCUT2D eigenvalue weighted by molar-refractivity contribution is 6.04. The van der Waals surface area contributed by atoms with Crippen molar-refractivity contribution in [2.75, 3.05) is 18.8 Å². The number of rotatable bonds is 5. The van der Waals surface area contributed by atoms with Crippen molar-refractivity contribution < 1.29 is 14.7 Å². The zero-order valence-corrected chi connectivity index (χ0v) is 11.9. The van der Waals surface area contributed by atoms with Crippen molar-refractivity contribution in [1.82, 2.24) is 4.90 Å². The number of fused-ring (bicyclic) bond motifs is 1. The van der Waals surface area contributed by atoms with E-state index in [0.717, 1.165) is 10.8 Å². The highest BCUT2D eigenvalue weighted by Crippen LogP contribution is 2.23. The first-order valence-corrected chi connectivity index (χ1v) is 6.82. The van der Waals surface area contributed by atoms with Crippen molar-refractivity contribution in [2.45, 2.75) is 13.3 Å². The second-order valence-corrected chi connectivity index (χ2v) is 4.91. The summed E-state index contributed by atoms with van der Waals surface area (Å²) in [4.78, 5) is 24.7. The molecule has 0 spiro atoms. The summed E-state index contributed by atoms with van der Waals surface area (Å²) in [7, 11) is 0. The van der Waals surface area contributed by atoms with Gasteiger partial charge in [0.1, 0.15) is 6.54 Å². The number of carbonyl (C=O) groups excluding carboxylic acids is 1. The van der Waals surface area contributed by atoms with Crippen LogP contribution in [0.4, 0.5) is 5.69 Å². The Morgan fingerprint density at radius 2 is 1.81 bits per heavy atom. The van der Waals surface area contributed by atoms with Gasteiger partial charge in [0.05, 0.1) is 5.56 Å². The minimum Gasteiger partial charge on any atom is -0.480 e. The summed E-state index contributed by atoms with van der Waals surface area (Å²) in [6, 6.07) is 11.1. The zero-order valence-electron chi connectivity index (χ0n) is 11.9. The molecule has 0 aliphatic carbocycles. The first-order valence-electron chi connectivity index (χ1n) is 6.82. The largest absolute Gasteiger partial charge is 0.480 e. The maximum Gasteiger partial charge on any atom is 0.323 e. The molecule has 0 heterocycles. The summed E-state index contributed by atoms with van der Waals surface area (Å²) in [5.41, 5.74) is 6.67. The van der Waals surface area contributed by atoms with Gasteiger partial charge in [-0.2, -0.15) is 0 Å². The average Bonchev–Trinajstić information content (AvgIpc) is 2.45. The molecule has 2 aromatic carbocycles. The molecule has 2 rings (SSSR count). The molecule has 0 bridgehead atoms. The number of carboxylic acid groups (broad SMARTS) is 1. The number of hydrogen-bond donors (Lipinski definition) is 2. The van der Waals surface area contributed by atoms with Crippen molar-refractivity contribution in [1.29, 1.82) is 0 Å². The SMILES string of the molecule is CCCN(CC(=O)O)C(=O)c1cc2ccccc2cc1N. The standard InChI is InChI=1S/C16H18N2O3/c1-2-7-18(10-15(19)20)16(21)13-8-11-5-3-4-6-12(11)9-14(13)17/h3-6,8-9H,2,7,10,17H2,1H3,(H,19,20). The summed E-state index contributed by atoms with van der Waals surface area (Å²) < 4.78 is 0. The molecule has 0 aliphatic heterocycles. The van der Waals surface area contributed by atoms with Gasteiger partial charge in [0.25, 0.3) is 5.91 Å². The molecular weight excluding hydrogens is 268 g/mol. The summed E-state index contributed by atoms with van der Waals surface area (Å²) >= 11 is 0. The van der Waals surface area contributed by atoms with Crippen LogP contribution in [0.5, 0.6) is 0 Å². The number of benzene rings is 2. The third-order valence-electron chi connectivity index (χ3n) is 3.26.